The van der Waals surface area contributed by atoms with Crippen LogP contribution in [-0.2, 0) is 96.4 Å². The number of hydrogen-bond acceptors (Lipinski definition) is 18. The minimum absolute atomic E-state index is 0. The second-order valence-electron chi connectivity index (χ2n) is 26.3. The summed E-state index contributed by atoms with van der Waals surface area (Å²) in [5.74, 6) is -6.04. The zero-order valence-electron chi connectivity index (χ0n) is 61.7. The van der Waals surface area contributed by atoms with Crippen LogP contribution in [0.15, 0.2) is 166 Å². The number of rotatable bonds is 18. The minimum atomic E-state index is -0.889. The number of pyridine rings is 3. The van der Waals surface area contributed by atoms with Gasteiger partial charge >= 0.3 is 11.9 Å². The summed E-state index contributed by atoms with van der Waals surface area (Å²) in [5.41, 5.74) is 1.63. The molecule has 0 radical (unpaired) electrons. The fraction of sp³-hybridized carbons (Fsp3) is 0.317. The number of nitrogens with one attached hydrogen (secondary N) is 1. The van der Waals surface area contributed by atoms with Crippen LogP contribution in [0.4, 0.5) is 13.2 Å². The van der Waals surface area contributed by atoms with E-state index in [4.69, 9.17) is 9.47 Å². The summed E-state index contributed by atoms with van der Waals surface area (Å²) >= 11 is 0. The first-order valence-electron chi connectivity index (χ1n) is 34.8. The van der Waals surface area contributed by atoms with Crippen molar-refractivity contribution < 1.29 is 104 Å². The third-order valence-electron chi connectivity index (χ3n) is 19.0. The Hall–Kier alpha value is -11.7. The Balaban J connectivity index is 0.000000286. The van der Waals surface area contributed by atoms with E-state index in [1.165, 1.54) is 92.2 Å². The topological polar surface area (TPSA) is 313 Å². The summed E-state index contributed by atoms with van der Waals surface area (Å²) in [5, 5.41) is 13.7. The van der Waals surface area contributed by atoms with Crippen LogP contribution in [0.25, 0.3) is 0 Å². The van der Waals surface area contributed by atoms with Gasteiger partial charge in [-0.2, -0.15) is 0 Å². The third kappa shape index (κ3) is 20.1. The van der Waals surface area contributed by atoms with Crippen molar-refractivity contribution in [2.24, 2.45) is 0 Å². The van der Waals surface area contributed by atoms with Crippen LogP contribution in [-0.4, -0.2) is 160 Å². The number of amides is 5. The average Bonchev–Trinajstić information content (AvgIpc) is 1.43. The molecule has 8 aromatic rings. The van der Waals surface area contributed by atoms with E-state index < -0.39 is 69.7 Å². The number of aromatic hydroxyl groups is 1. The maximum atomic E-state index is 13.5. The predicted molar refractivity (Wildman–Crippen MR) is 405 cm³/mol. The Kier molecular flexibility index (Phi) is 30.3. The molecular weight excluding hydrogens is 1550 g/mol. The van der Waals surface area contributed by atoms with E-state index in [2.05, 4.69) is 10.1 Å². The van der Waals surface area contributed by atoms with Crippen LogP contribution in [0.5, 0.6) is 17.2 Å². The Morgan fingerprint density at radius 2 is 0.795 bits per heavy atom. The molecular formula is C82H90F3N9O17Pd-2. The van der Waals surface area contributed by atoms with Crippen LogP contribution in [0.2, 0.25) is 0 Å². The van der Waals surface area contributed by atoms with E-state index in [1.807, 2.05) is 60.7 Å². The summed E-state index contributed by atoms with van der Waals surface area (Å²) in [4.78, 5) is 169. The molecule has 3 atom stereocenters. The molecule has 3 unspecified atom stereocenters. The van der Waals surface area contributed by atoms with E-state index in [-0.39, 0.29) is 184 Å². The molecule has 0 spiro atoms. The van der Waals surface area contributed by atoms with Gasteiger partial charge in [0.05, 0.1) is 36.3 Å². The maximum absolute atomic E-state index is 13.5. The SMILES string of the molecule is C.C.CC(=O)N1CCN2C(=O)c3c(O)c(=O)c(C(=O)CCc4ccc(F)cc4)cn3CC12.CC(=O)N1CCN2C(=O)c3c(OCc4ccccc4)c(=O)c(C(=O)CCc4ccc(F)cc4)cn3CC12.CC(=O)OC(C)=O.O=C(CCc1ccc(F)cc1)c1cn2c(c(OCc3ccccc3)c1=O)C(=O)N1CCNC1C2.[CH3-].[H-].[HH].[Pd]. The van der Waals surface area contributed by atoms with Gasteiger partial charge < -0.3 is 66.4 Å². The van der Waals surface area contributed by atoms with Gasteiger partial charge in [-0.05, 0) is 83.5 Å². The number of carbonyl (C=O) groups excluding carboxylic acids is 10. The molecule has 3 saturated heterocycles. The quantitative estimate of drug-likeness (QED) is 0.0266. The molecule has 6 aliphatic rings. The molecule has 3 fully saturated rings. The summed E-state index contributed by atoms with van der Waals surface area (Å²) < 4.78 is 59.8. The largest absolute Gasteiger partial charge is 1.00 e. The zero-order valence-corrected chi connectivity index (χ0v) is 62.2. The number of aryl methyl sites for hydroxylation is 3. The predicted octanol–water partition coefficient (Wildman–Crippen LogP) is 9.12. The fourth-order valence-electron chi connectivity index (χ4n) is 13.6. The van der Waals surface area contributed by atoms with E-state index in [0.29, 0.717) is 65.1 Å². The number of nitrogens with zero attached hydrogens (tertiary/aromatic N) is 8. The van der Waals surface area contributed by atoms with Crippen molar-refractivity contribution >= 4 is 58.8 Å². The van der Waals surface area contributed by atoms with Gasteiger partial charge in [-0.15, -0.1) is 0 Å². The molecule has 26 nitrogen and oxygen atoms in total. The number of aromatic nitrogens is 3. The summed E-state index contributed by atoms with van der Waals surface area (Å²) in [6, 6.07) is 36.0. The number of benzene rings is 5. The number of hydrogen-bond donors (Lipinski definition) is 2. The smallest absolute Gasteiger partial charge is 0.310 e. The summed E-state index contributed by atoms with van der Waals surface area (Å²) in [6.45, 7) is 8.83. The van der Waals surface area contributed by atoms with Gasteiger partial charge in [0.25, 0.3) is 17.7 Å². The molecule has 0 saturated carbocycles. The summed E-state index contributed by atoms with van der Waals surface area (Å²) in [7, 11) is 0. The van der Waals surface area contributed by atoms with Crippen LogP contribution in [0.3, 0.4) is 0 Å². The normalized spacial score (nSPS) is 15.7. The van der Waals surface area contributed by atoms with E-state index in [0.717, 1.165) is 27.8 Å². The number of ether oxygens (including phenoxy) is 3. The molecule has 14 rings (SSSR count). The van der Waals surface area contributed by atoms with Crippen molar-refractivity contribution in [1.29, 1.82) is 0 Å². The average molecular weight is 1640 g/mol. The Morgan fingerprint density at radius 3 is 1.15 bits per heavy atom. The molecule has 112 heavy (non-hydrogen) atoms. The minimum Gasteiger partial charge on any atom is -1.00 e. The van der Waals surface area contributed by atoms with Crippen LogP contribution < -0.4 is 31.1 Å². The number of halogens is 3. The van der Waals surface area contributed by atoms with Gasteiger partial charge in [0.1, 0.15) is 49.2 Å². The second kappa shape index (κ2) is 38.8. The molecule has 3 aromatic heterocycles. The molecule has 30 heteroatoms. The number of fused-ring (bicyclic) bond motifs is 6. The Morgan fingerprint density at radius 1 is 0.455 bits per heavy atom. The van der Waals surface area contributed by atoms with Crippen LogP contribution in [0.1, 0.15) is 155 Å². The first-order valence-corrected chi connectivity index (χ1v) is 34.8. The van der Waals surface area contributed by atoms with E-state index in [9.17, 15) is 80.6 Å². The monoisotopic (exact) mass is 1640 g/mol. The van der Waals surface area contributed by atoms with Gasteiger partial charge in [-0.1, -0.05) is 112 Å². The standard InChI is InChI=1S/C28H26FN3O5.C26H24FN3O4.C21H20FN3O5.C4H6O3.2CH4.CH3.Pd.H2.H/c1-18(33)31-13-14-32-24(31)16-30-15-22(23(34)12-9-19-7-10-21(29)11-8-19)26(35)27(25(30)28(32)36)37-17-20-5-3-2-4-6-20;27-19-9-6-17(7-10-19)8-11-21(31)20-14-29-15-22-28-12-13-30(22)26(33)23(29)25(24(20)32)34-16-18-4-2-1-3-5-18;1-12(26)24-8-9-25-17(24)11-23-10-15(19(28)20(29)18(23)21(25)30)16(27)7-4-13-2-5-14(22)6-3-13;1-3(5)7-4(2)6;;;;;;/h2-8,10-11,15,24H,9,12-14,16-17H2,1H3;1-7,9-10,14,22,28H,8,11-13,15-16H2;2-3,5-6,10,17,29H,4,7-9,11H2,1H3;1-2H3;2*1H4;1H3;;1H;/q;;;;;;-1;;;-1. The first-order chi connectivity index (χ1) is 51.7. The maximum Gasteiger partial charge on any atom is 0.310 e. The van der Waals surface area contributed by atoms with Gasteiger partial charge in [0.15, 0.2) is 51.7 Å². The van der Waals surface area contributed by atoms with Crippen LogP contribution in [0, 0.1) is 24.9 Å². The molecule has 598 valence electrons. The Labute approximate surface area is 660 Å². The van der Waals surface area contributed by atoms with E-state index in [1.54, 1.807) is 65.1 Å². The van der Waals surface area contributed by atoms with Crippen LogP contribution >= 0.6 is 0 Å². The zero-order chi connectivity index (χ0) is 77.2. The number of carbonyl (C=O) groups is 10. The van der Waals surface area contributed by atoms with Gasteiger partial charge in [-0.3, -0.25) is 67.6 Å². The second-order valence-corrected chi connectivity index (χ2v) is 26.3. The molecule has 0 aliphatic carbocycles. The van der Waals surface area contributed by atoms with Crippen molar-refractivity contribution in [2.75, 3.05) is 39.3 Å². The number of esters is 2. The van der Waals surface area contributed by atoms with E-state index >= 15 is 0 Å². The van der Waals surface area contributed by atoms with Gasteiger partial charge in [0, 0.05) is 127 Å². The third-order valence-corrected chi connectivity index (χ3v) is 19.0. The van der Waals surface area contributed by atoms with Crippen molar-refractivity contribution in [3.63, 3.8) is 0 Å². The molecule has 9 heterocycles. The van der Waals surface area contributed by atoms with Crippen molar-refractivity contribution in [3.8, 4) is 17.2 Å². The molecule has 5 aromatic carbocycles. The molecule has 2 N–H and O–H groups in total. The van der Waals surface area contributed by atoms with Gasteiger partial charge in [-0.25, -0.2) is 13.2 Å². The molecule has 5 amide bonds. The molecule has 0 bridgehead atoms. The number of Topliss-reactive ketones (excluding diaryl/α,β-unsaturated/α-hetero) is 3. The van der Waals surface area contributed by atoms with Gasteiger partial charge in [0.2, 0.25) is 28.1 Å². The number of ketones is 3. The van der Waals surface area contributed by atoms with Crippen molar-refractivity contribution in [1.82, 2.24) is 43.5 Å². The van der Waals surface area contributed by atoms with Crippen molar-refractivity contribution in [3.05, 3.63) is 269 Å². The first kappa shape index (κ1) is 87.5. The molecule has 6 aliphatic heterocycles. The summed E-state index contributed by atoms with van der Waals surface area (Å²) in [6.07, 6.45) is 4.07. The van der Waals surface area contributed by atoms with Crippen molar-refractivity contribution in [2.45, 2.75) is 132 Å². The fourth-order valence-corrected chi connectivity index (χ4v) is 13.6. The Bertz CT molecular complexity index is 5030.